The van der Waals surface area contributed by atoms with Gasteiger partial charge in [0.1, 0.15) is 5.54 Å². The maximum absolute atomic E-state index is 11.4. The molecule has 1 fully saturated rings. The van der Waals surface area contributed by atoms with E-state index in [1.54, 1.807) is 24.3 Å². The first-order valence-corrected chi connectivity index (χ1v) is 5.85. The van der Waals surface area contributed by atoms with Gasteiger partial charge in [-0.05, 0) is 37.7 Å². The Morgan fingerprint density at radius 1 is 1.47 bits per heavy atom. The van der Waals surface area contributed by atoms with E-state index in [1.165, 1.54) is 0 Å². The van der Waals surface area contributed by atoms with Crippen LogP contribution in [0.2, 0.25) is 5.02 Å². The fraction of sp³-hybridized carbons (Fsp3) is 0.417. The summed E-state index contributed by atoms with van der Waals surface area (Å²) in [5.74, 6) is -0.809. The van der Waals surface area contributed by atoms with Gasteiger partial charge >= 0.3 is 5.97 Å². The van der Waals surface area contributed by atoms with Crippen LogP contribution in [0.5, 0.6) is 0 Å². The van der Waals surface area contributed by atoms with E-state index in [0.29, 0.717) is 18.0 Å². The summed E-state index contributed by atoms with van der Waals surface area (Å²) in [4.78, 5) is 13.4. The van der Waals surface area contributed by atoms with Crippen LogP contribution < -0.4 is 5.32 Å². The first-order valence-electron chi connectivity index (χ1n) is 5.47. The van der Waals surface area contributed by atoms with E-state index in [-0.39, 0.29) is 0 Å². The van der Waals surface area contributed by atoms with Crippen molar-refractivity contribution in [1.82, 2.24) is 4.90 Å². The standard InChI is InChI=1S/C12H15ClN2O2/c1-15-7-6-12(8-15,11(16)17)14-10-4-2-9(13)3-5-10/h2-5,14H,6-8H2,1H3,(H,16,17). The molecule has 5 heteroatoms. The van der Waals surface area contributed by atoms with Crippen molar-refractivity contribution in [2.45, 2.75) is 12.0 Å². The normalized spacial score (nSPS) is 24.8. The molecule has 1 unspecified atom stereocenters. The fourth-order valence-electron chi connectivity index (χ4n) is 2.14. The molecule has 1 aromatic carbocycles. The van der Waals surface area contributed by atoms with Crippen LogP contribution in [0.1, 0.15) is 6.42 Å². The highest BCUT2D eigenvalue weighted by atomic mass is 35.5. The van der Waals surface area contributed by atoms with Crippen molar-refractivity contribution in [3.63, 3.8) is 0 Å². The Morgan fingerprint density at radius 2 is 2.12 bits per heavy atom. The van der Waals surface area contributed by atoms with Crippen LogP contribution in [-0.2, 0) is 4.79 Å². The second-order valence-electron chi connectivity index (χ2n) is 4.51. The van der Waals surface area contributed by atoms with E-state index in [0.717, 1.165) is 12.2 Å². The monoisotopic (exact) mass is 254 g/mol. The van der Waals surface area contributed by atoms with E-state index in [2.05, 4.69) is 5.32 Å². The molecule has 0 spiro atoms. The van der Waals surface area contributed by atoms with E-state index >= 15 is 0 Å². The molecule has 0 radical (unpaired) electrons. The van der Waals surface area contributed by atoms with Gasteiger partial charge in [0, 0.05) is 23.8 Å². The number of benzene rings is 1. The summed E-state index contributed by atoms with van der Waals surface area (Å²) in [6.45, 7) is 1.29. The Balaban J connectivity index is 2.19. The zero-order valence-corrected chi connectivity index (χ0v) is 10.4. The number of aliphatic carboxylic acids is 1. The van der Waals surface area contributed by atoms with Gasteiger partial charge in [0.05, 0.1) is 0 Å². The van der Waals surface area contributed by atoms with Crippen LogP contribution in [0.4, 0.5) is 5.69 Å². The molecular weight excluding hydrogens is 240 g/mol. The average Bonchev–Trinajstić information content (AvgIpc) is 2.65. The number of carbonyl (C=O) groups is 1. The second-order valence-corrected chi connectivity index (χ2v) is 4.94. The first kappa shape index (κ1) is 12.2. The lowest BCUT2D eigenvalue weighted by Gasteiger charge is -2.26. The Bertz CT molecular complexity index is 421. The molecule has 1 saturated heterocycles. The molecule has 0 saturated carbocycles. The Morgan fingerprint density at radius 3 is 2.59 bits per heavy atom. The van der Waals surface area contributed by atoms with Gasteiger partial charge in [0.15, 0.2) is 0 Å². The molecule has 4 nitrogen and oxygen atoms in total. The molecule has 2 rings (SSSR count). The first-order chi connectivity index (χ1) is 8.02. The summed E-state index contributed by atoms with van der Waals surface area (Å²) in [6, 6.07) is 7.09. The van der Waals surface area contributed by atoms with Gasteiger partial charge in [-0.1, -0.05) is 11.6 Å². The minimum absolute atomic E-state index is 0.505. The van der Waals surface area contributed by atoms with Crippen molar-refractivity contribution in [2.75, 3.05) is 25.5 Å². The molecule has 1 heterocycles. The summed E-state index contributed by atoms with van der Waals surface area (Å²) in [5, 5.41) is 13.1. The number of nitrogens with zero attached hydrogens (tertiary/aromatic N) is 1. The Kier molecular flexibility index (Phi) is 3.26. The van der Waals surface area contributed by atoms with Crippen LogP contribution in [0.3, 0.4) is 0 Å². The largest absolute Gasteiger partial charge is 0.479 e. The van der Waals surface area contributed by atoms with E-state index in [4.69, 9.17) is 11.6 Å². The molecule has 0 bridgehead atoms. The van der Waals surface area contributed by atoms with Gasteiger partial charge in [-0.2, -0.15) is 0 Å². The quantitative estimate of drug-likeness (QED) is 0.865. The number of hydrogen-bond acceptors (Lipinski definition) is 3. The number of anilines is 1. The lowest BCUT2D eigenvalue weighted by molar-refractivity contribution is -0.141. The molecule has 17 heavy (non-hydrogen) atoms. The maximum atomic E-state index is 11.4. The fourth-order valence-corrected chi connectivity index (χ4v) is 2.27. The van der Waals surface area contributed by atoms with E-state index in [9.17, 15) is 9.90 Å². The Labute approximate surface area is 105 Å². The van der Waals surface area contributed by atoms with Crippen LogP contribution in [0.25, 0.3) is 0 Å². The predicted molar refractivity (Wildman–Crippen MR) is 67.6 cm³/mol. The highest BCUT2D eigenvalue weighted by Crippen LogP contribution is 2.26. The number of likely N-dealkylation sites (N-methyl/N-ethyl adjacent to an activating group) is 1. The molecule has 1 aromatic rings. The third-order valence-electron chi connectivity index (χ3n) is 3.10. The van der Waals surface area contributed by atoms with E-state index < -0.39 is 11.5 Å². The van der Waals surface area contributed by atoms with Gasteiger partial charge in [0.25, 0.3) is 0 Å². The van der Waals surface area contributed by atoms with E-state index in [1.807, 2.05) is 11.9 Å². The summed E-state index contributed by atoms with van der Waals surface area (Å²) in [7, 11) is 1.92. The molecular formula is C12H15ClN2O2. The summed E-state index contributed by atoms with van der Waals surface area (Å²) >= 11 is 5.80. The van der Waals surface area contributed by atoms with Crippen molar-refractivity contribution in [3.05, 3.63) is 29.3 Å². The topological polar surface area (TPSA) is 52.6 Å². The number of halogens is 1. The number of carboxylic acids is 1. The third kappa shape index (κ3) is 2.53. The summed E-state index contributed by atoms with van der Waals surface area (Å²) in [5.41, 5.74) is -0.102. The number of likely N-dealkylation sites (tertiary alicyclic amines) is 1. The number of nitrogens with one attached hydrogen (secondary N) is 1. The molecule has 0 amide bonds. The summed E-state index contributed by atoms with van der Waals surface area (Å²) < 4.78 is 0. The molecule has 1 aliphatic heterocycles. The zero-order chi connectivity index (χ0) is 12.5. The second kappa shape index (κ2) is 4.55. The van der Waals surface area contributed by atoms with Gasteiger partial charge in [-0.15, -0.1) is 0 Å². The van der Waals surface area contributed by atoms with Gasteiger partial charge in [-0.3, -0.25) is 0 Å². The summed E-state index contributed by atoms with van der Waals surface area (Å²) in [6.07, 6.45) is 0.599. The highest BCUT2D eigenvalue weighted by Gasteiger charge is 2.43. The highest BCUT2D eigenvalue weighted by molar-refractivity contribution is 6.30. The van der Waals surface area contributed by atoms with Gasteiger partial charge in [-0.25, -0.2) is 4.79 Å². The smallest absolute Gasteiger partial charge is 0.330 e. The van der Waals surface area contributed by atoms with Crippen LogP contribution >= 0.6 is 11.6 Å². The number of hydrogen-bond donors (Lipinski definition) is 2. The lowest BCUT2D eigenvalue weighted by Crippen LogP contribution is -2.48. The molecule has 1 atom stereocenters. The lowest BCUT2D eigenvalue weighted by atomic mass is 9.98. The molecule has 2 N–H and O–H groups in total. The molecule has 1 aliphatic rings. The molecule has 0 aliphatic carbocycles. The van der Waals surface area contributed by atoms with Crippen molar-refractivity contribution in [2.24, 2.45) is 0 Å². The van der Waals surface area contributed by atoms with Crippen molar-refractivity contribution >= 4 is 23.3 Å². The van der Waals surface area contributed by atoms with Crippen molar-refractivity contribution in [1.29, 1.82) is 0 Å². The minimum Gasteiger partial charge on any atom is -0.479 e. The Hall–Kier alpha value is -1.26. The van der Waals surface area contributed by atoms with Crippen LogP contribution in [0.15, 0.2) is 24.3 Å². The predicted octanol–water partition coefficient (Wildman–Crippen LogP) is 1.91. The average molecular weight is 255 g/mol. The number of rotatable bonds is 3. The van der Waals surface area contributed by atoms with Crippen LogP contribution in [-0.4, -0.2) is 41.7 Å². The van der Waals surface area contributed by atoms with Crippen LogP contribution in [0, 0.1) is 0 Å². The minimum atomic E-state index is -0.886. The van der Waals surface area contributed by atoms with Crippen molar-refractivity contribution < 1.29 is 9.90 Å². The number of carboxylic acid groups (broad SMARTS) is 1. The molecule has 92 valence electrons. The van der Waals surface area contributed by atoms with Gasteiger partial charge in [0.2, 0.25) is 0 Å². The third-order valence-corrected chi connectivity index (χ3v) is 3.35. The maximum Gasteiger partial charge on any atom is 0.330 e. The van der Waals surface area contributed by atoms with Crippen molar-refractivity contribution in [3.8, 4) is 0 Å². The zero-order valence-electron chi connectivity index (χ0n) is 9.61. The SMILES string of the molecule is CN1CCC(Nc2ccc(Cl)cc2)(C(=O)O)C1. The molecule has 0 aromatic heterocycles. The van der Waals surface area contributed by atoms with Gasteiger partial charge < -0.3 is 15.3 Å².